The maximum absolute atomic E-state index is 3.25. The Labute approximate surface area is 73.2 Å². The molecule has 0 nitrogen and oxygen atoms in total. The van der Waals surface area contributed by atoms with Crippen LogP contribution in [-0.4, -0.2) is 0 Å². The summed E-state index contributed by atoms with van der Waals surface area (Å²) in [6.07, 6.45) is 0. The molecule has 2 aliphatic carbocycles. The van der Waals surface area contributed by atoms with Crippen LogP contribution in [0.15, 0.2) is 30.3 Å². The van der Waals surface area contributed by atoms with Crippen LogP contribution in [-0.2, 0) is 0 Å². The zero-order valence-corrected chi connectivity index (χ0v) is 7.39. The van der Waals surface area contributed by atoms with Crippen LogP contribution < -0.4 is 0 Å². The molecular weight excluding hydrogens is 144 g/mol. The molecule has 0 aromatic rings. The molecule has 0 aliphatic heterocycles. The zero-order valence-electron chi connectivity index (χ0n) is 7.39. The lowest BCUT2D eigenvalue weighted by Crippen LogP contribution is -1.75. The van der Waals surface area contributed by atoms with Gasteiger partial charge < -0.3 is 0 Å². The van der Waals surface area contributed by atoms with E-state index in [2.05, 4.69) is 44.2 Å². The van der Waals surface area contributed by atoms with Gasteiger partial charge in [-0.3, -0.25) is 0 Å². The maximum Gasteiger partial charge on any atom is -0.00732 e. The molecule has 1 radical (unpaired) electrons. The average molecular weight is 155 g/mol. The van der Waals surface area contributed by atoms with Crippen molar-refractivity contribution in [1.82, 2.24) is 0 Å². The van der Waals surface area contributed by atoms with Crippen molar-refractivity contribution < 1.29 is 0 Å². The third-order valence-corrected chi connectivity index (χ3v) is 2.26. The van der Waals surface area contributed by atoms with Gasteiger partial charge in [-0.25, -0.2) is 0 Å². The molecule has 0 bridgehead atoms. The van der Waals surface area contributed by atoms with Gasteiger partial charge in [-0.1, -0.05) is 30.3 Å². The molecular formula is C12H11. The molecule has 2 rings (SSSR count). The Morgan fingerprint density at radius 1 is 1.00 bits per heavy atom. The van der Waals surface area contributed by atoms with Crippen molar-refractivity contribution in [2.45, 2.75) is 13.8 Å². The molecule has 0 fully saturated rings. The van der Waals surface area contributed by atoms with E-state index in [0.29, 0.717) is 0 Å². The lowest BCUT2D eigenvalue weighted by molar-refractivity contribution is 1.49. The monoisotopic (exact) mass is 155 g/mol. The third-order valence-electron chi connectivity index (χ3n) is 2.26. The molecule has 2 aliphatic rings. The molecule has 12 heavy (non-hydrogen) atoms. The van der Waals surface area contributed by atoms with Crippen molar-refractivity contribution in [1.29, 1.82) is 0 Å². The third kappa shape index (κ3) is 1.00. The molecule has 0 saturated heterocycles. The standard InChI is InChI=1S/C12H11/c1-9-5-3-6-10(2)12-8-4-7-11(9)12/h3-7H,1-2H3. The van der Waals surface area contributed by atoms with E-state index in [-0.39, 0.29) is 0 Å². The van der Waals surface area contributed by atoms with Crippen molar-refractivity contribution in [3.8, 4) is 11.1 Å². The minimum atomic E-state index is 1.25. The molecule has 0 heteroatoms. The minimum Gasteiger partial charge on any atom is -0.0617 e. The Morgan fingerprint density at radius 2 is 1.75 bits per heavy atom. The van der Waals surface area contributed by atoms with Crippen LogP contribution in [0.2, 0.25) is 0 Å². The predicted octanol–water partition coefficient (Wildman–Crippen LogP) is 3.21. The highest BCUT2D eigenvalue weighted by atomic mass is 14.1. The minimum absolute atomic E-state index is 1.25. The quantitative estimate of drug-likeness (QED) is 0.548. The first-order valence-electron chi connectivity index (χ1n) is 4.15. The summed E-state index contributed by atoms with van der Waals surface area (Å²) in [7, 11) is 0. The smallest absolute Gasteiger partial charge is 0.00732 e. The summed E-state index contributed by atoms with van der Waals surface area (Å²) in [6.45, 7) is 4.26. The van der Waals surface area contributed by atoms with Gasteiger partial charge in [0.25, 0.3) is 0 Å². The van der Waals surface area contributed by atoms with Gasteiger partial charge in [0.15, 0.2) is 0 Å². The van der Waals surface area contributed by atoms with E-state index >= 15 is 0 Å². The lowest BCUT2D eigenvalue weighted by atomic mass is 10.1. The Hall–Kier alpha value is -1.30. The highest BCUT2D eigenvalue weighted by Gasteiger charge is 2.04. The van der Waals surface area contributed by atoms with Gasteiger partial charge in [-0.2, -0.15) is 0 Å². The Kier molecular flexibility index (Phi) is 1.61. The predicted molar refractivity (Wildman–Crippen MR) is 51.4 cm³/mol. The Balaban J connectivity index is 2.82. The van der Waals surface area contributed by atoms with E-state index in [1.807, 2.05) is 6.07 Å². The van der Waals surface area contributed by atoms with E-state index in [4.69, 9.17) is 0 Å². The first-order valence-corrected chi connectivity index (χ1v) is 4.15. The van der Waals surface area contributed by atoms with Gasteiger partial charge in [-0.05, 0) is 42.2 Å². The van der Waals surface area contributed by atoms with Gasteiger partial charge in [0.05, 0.1) is 0 Å². The van der Waals surface area contributed by atoms with E-state index in [1.165, 1.54) is 22.3 Å². The fraction of sp³-hybridized carbons (Fsp3) is 0.167. The fourth-order valence-corrected chi connectivity index (χ4v) is 1.53. The molecule has 0 amide bonds. The second-order valence-electron chi connectivity index (χ2n) is 3.16. The van der Waals surface area contributed by atoms with Crippen LogP contribution in [0, 0.1) is 19.9 Å². The summed E-state index contributed by atoms with van der Waals surface area (Å²) < 4.78 is 0. The van der Waals surface area contributed by atoms with Gasteiger partial charge in [0.1, 0.15) is 0 Å². The second-order valence-corrected chi connectivity index (χ2v) is 3.16. The molecule has 0 spiro atoms. The zero-order chi connectivity index (χ0) is 8.55. The number of hydrogen-bond acceptors (Lipinski definition) is 0. The van der Waals surface area contributed by atoms with Crippen molar-refractivity contribution in [2.24, 2.45) is 0 Å². The van der Waals surface area contributed by atoms with Crippen LogP contribution in [0.1, 0.15) is 11.1 Å². The van der Waals surface area contributed by atoms with E-state index < -0.39 is 0 Å². The summed E-state index contributed by atoms with van der Waals surface area (Å²) in [4.78, 5) is 0. The molecule has 0 atom stereocenters. The first-order chi connectivity index (χ1) is 5.79. The second kappa shape index (κ2) is 2.63. The van der Waals surface area contributed by atoms with E-state index in [9.17, 15) is 0 Å². The number of hydrogen-bond donors (Lipinski definition) is 0. The fourth-order valence-electron chi connectivity index (χ4n) is 1.53. The number of aryl methyl sites for hydroxylation is 2. The molecule has 59 valence electrons. The summed E-state index contributed by atoms with van der Waals surface area (Å²) in [6, 6.07) is 13.7. The molecule has 0 aromatic carbocycles. The lowest BCUT2D eigenvalue weighted by Gasteiger charge is -1.98. The first kappa shape index (κ1) is 7.35. The summed E-state index contributed by atoms with van der Waals surface area (Å²) >= 11 is 0. The van der Waals surface area contributed by atoms with Crippen LogP contribution >= 0.6 is 0 Å². The van der Waals surface area contributed by atoms with Crippen LogP contribution in [0.3, 0.4) is 0 Å². The average Bonchev–Trinajstić information content (AvgIpc) is 2.47. The Bertz CT molecular complexity index is 340. The van der Waals surface area contributed by atoms with Gasteiger partial charge in [0.2, 0.25) is 0 Å². The van der Waals surface area contributed by atoms with Gasteiger partial charge in [-0.15, -0.1) is 0 Å². The summed E-state index contributed by atoms with van der Waals surface area (Å²) in [5.41, 5.74) is 5.18. The van der Waals surface area contributed by atoms with Gasteiger partial charge >= 0.3 is 0 Å². The van der Waals surface area contributed by atoms with Gasteiger partial charge in [0, 0.05) is 0 Å². The van der Waals surface area contributed by atoms with Crippen LogP contribution in [0.4, 0.5) is 0 Å². The largest absolute Gasteiger partial charge is 0.0617 e. The van der Waals surface area contributed by atoms with Crippen molar-refractivity contribution in [2.75, 3.05) is 0 Å². The highest BCUT2D eigenvalue weighted by Crippen LogP contribution is 2.27. The number of rotatable bonds is 0. The molecule has 0 saturated carbocycles. The number of fused-ring (bicyclic) bond motifs is 1. The summed E-state index contributed by atoms with van der Waals surface area (Å²) in [5, 5.41) is 0. The normalized spacial score (nSPS) is 10.5. The van der Waals surface area contributed by atoms with Crippen molar-refractivity contribution in [3.05, 3.63) is 47.5 Å². The SMILES string of the molecule is Cc1cccc(C)c2cc[c]c1-2. The molecule has 0 N–H and O–H groups in total. The van der Waals surface area contributed by atoms with E-state index in [1.54, 1.807) is 0 Å². The van der Waals surface area contributed by atoms with Crippen LogP contribution in [0.25, 0.3) is 11.1 Å². The Morgan fingerprint density at radius 3 is 2.58 bits per heavy atom. The van der Waals surface area contributed by atoms with Crippen molar-refractivity contribution in [3.63, 3.8) is 0 Å². The molecule has 0 unspecified atom stereocenters. The van der Waals surface area contributed by atoms with E-state index in [0.717, 1.165) is 0 Å². The highest BCUT2D eigenvalue weighted by molar-refractivity contribution is 5.71. The van der Waals surface area contributed by atoms with Crippen molar-refractivity contribution >= 4 is 0 Å². The molecule has 0 aromatic heterocycles. The van der Waals surface area contributed by atoms with Crippen LogP contribution in [0.5, 0.6) is 0 Å². The topological polar surface area (TPSA) is 0 Å². The summed E-state index contributed by atoms with van der Waals surface area (Å²) in [5.74, 6) is 0. The molecule has 0 heterocycles. The maximum atomic E-state index is 3.25.